The van der Waals surface area contributed by atoms with E-state index in [1.807, 2.05) is 0 Å². The summed E-state index contributed by atoms with van der Waals surface area (Å²) in [5.41, 5.74) is 0. The van der Waals surface area contributed by atoms with E-state index in [-0.39, 0.29) is 24.6 Å². The van der Waals surface area contributed by atoms with E-state index in [1.54, 1.807) is 18.5 Å². The van der Waals surface area contributed by atoms with Crippen molar-refractivity contribution in [2.24, 2.45) is 0 Å². The lowest BCUT2D eigenvalue weighted by Gasteiger charge is -2.29. The van der Waals surface area contributed by atoms with Gasteiger partial charge < -0.3 is 10.1 Å². The maximum atomic E-state index is 11.9. The highest BCUT2D eigenvalue weighted by Crippen LogP contribution is 2.22. The summed E-state index contributed by atoms with van der Waals surface area (Å²) in [6, 6.07) is 2.15. The van der Waals surface area contributed by atoms with E-state index >= 15 is 0 Å². The van der Waals surface area contributed by atoms with Crippen LogP contribution in [0.1, 0.15) is 25.7 Å². The highest BCUT2D eigenvalue weighted by molar-refractivity contribution is 7.88. The summed E-state index contributed by atoms with van der Waals surface area (Å²) in [6.07, 6.45) is 7.55. The van der Waals surface area contributed by atoms with Crippen LogP contribution in [-0.4, -0.2) is 60.6 Å². The zero-order valence-electron chi connectivity index (χ0n) is 13.3. The van der Waals surface area contributed by atoms with Gasteiger partial charge in [-0.25, -0.2) is 18.4 Å². The number of amides is 1. The van der Waals surface area contributed by atoms with Crippen LogP contribution < -0.4 is 10.1 Å². The third kappa shape index (κ3) is 5.76. The van der Waals surface area contributed by atoms with Crippen LogP contribution >= 0.6 is 0 Å². The third-order valence-corrected chi connectivity index (χ3v) is 5.05. The average molecular weight is 342 g/mol. The Balaban J connectivity index is 1.73. The predicted octanol–water partition coefficient (Wildman–Crippen LogP) is 0.174. The molecule has 23 heavy (non-hydrogen) atoms. The number of hydrogen-bond acceptors (Lipinski definition) is 6. The normalized spacial score (nSPS) is 21.9. The lowest BCUT2D eigenvalue weighted by atomic mass is 9.93. The van der Waals surface area contributed by atoms with E-state index in [9.17, 15) is 13.2 Å². The van der Waals surface area contributed by atoms with Crippen molar-refractivity contribution >= 4 is 15.9 Å². The zero-order chi connectivity index (χ0) is 16.9. The fraction of sp³-hybridized carbons (Fsp3) is 0.643. The van der Waals surface area contributed by atoms with Gasteiger partial charge >= 0.3 is 6.01 Å². The molecule has 0 aromatic carbocycles. The van der Waals surface area contributed by atoms with Crippen LogP contribution in [0.5, 0.6) is 6.01 Å². The largest absolute Gasteiger partial charge is 0.460 e. The third-order valence-electron chi connectivity index (χ3n) is 3.79. The number of rotatable bonds is 6. The Morgan fingerprint density at radius 1 is 1.30 bits per heavy atom. The molecule has 1 aliphatic carbocycles. The number of nitrogens with zero attached hydrogens (tertiary/aromatic N) is 3. The SMILES string of the molecule is CN(CC(=O)NC1CCC(Oc2ncccn2)CC1)S(C)(=O)=O. The molecule has 0 bridgehead atoms. The number of ether oxygens (including phenoxy) is 1. The maximum absolute atomic E-state index is 11.9. The Labute approximate surface area is 136 Å². The fourth-order valence-corrected chi connectivity index (χ4v) is 2.76. The summed E-state index contributed by atoms with van der Waals surface area (Å²) in [5.74, 6) is -0.284. The van der Waals surface area contributed by atoms with Crippen LogP contribution in [0.15, 0.2) is 18.5 Å². The van der Waals surface area contributed by atoms with Crippen molar-refractivity contribution in [3.63, 3.8) is 0 Å². The molecule has 1 aliphatic rings. The van der Waals surface area contributed by atoms with Gasteiger partial charge in [0.1, 0.15) is 6.10 Å². The Morgan fingerprint density at radius 3 is 2.48 bits per heavy atom. The Morgan fingerprint density at radius 2 is 1.91 bits per heavy atom. The van der Waals surface area contributed by atoms with Crippen molar-refractivity contribution in [1.82, 2.24) is 19.6 Å². The number of carbonyl (C=O) groups excluding carboxylic acids is 1. The van der Waals surface area contributed by atoms with Crippen LogP contribution in [-0.2, 0) is 14.8 Å². The van der Waals surface area contributed by atoms with Crippen molar-refractivity contribution in [2.75, 3.05) is 19.8 Å². The first kappa shape index (κ1) is 17.6. The molecule has 0 aliphatic heterocycles. The molecular formula is C14H22N4O4S. The van der Waals surface area contributed by atoms with Gasteiger partial charge in [-0.15, -0.1) is 0 Å². The molecule has 8 nitrogen and oxygen atoms in total. The molecule has 2 rings (SSSR count). The summed E-state index contributed by atoms with van der Waals surface area (Å²) in [6.45, 7) is -0.160. The van der Waals surface area contributed by atoms with Gasteiger partial charge in [0.15, 0.2) is 0 Å². The lowest BCUT2D eigenvalue weighted by Crippen LogP contribution is -2.44. The summed E-state index contributed by atoms with van der Waals surface area (Å²) in [7, 11) is -1.96. The van der Waals surface area contributed by atoms with Gasteiger partial charge in [-0.2, -0.15) is 4.31 Å². The van der Waals surface area contributed by atoms with Gasteiger partial charge in [-0.3, -0.25) is 4.79 Å². The quantitative estimate of drug-likeness (QED) is 0.791. The minimum Gasteiger partial charge on any atom is -0.460 e. The number of aromatic nitrogens is 2. The average Bonchev–Trinajstić information content (AvgIpc) is 2.49. The zero-order valence-corrected chi connectivity index (χ0v) is 14.1. The first-order valence-electron chi connectivity index (χ1n) is 7.49. The van der Waals surface area contributed by atoms with Crippen molar-refractivity contribution < 1.29 is 17.9 Å². The standard InChI is InChI=1S/C14H22N4O4S/c1-18(23(2,20)21)10-13(19)17-11-4-6-12(7-5-11)22-14-15-8-3-9-16-14/h3,8-9,11-12H,4-7,10H2,1-2H3,(H,17,19). The molecule has 1 aromatic heterocycles. The first-order valence-corrected chi connectivity index (χ1v) is 9.34. The summed E-state index contributed by atoms with van der Waals surface area (Å²) in [4.78, 5) is 19.9. The molecule has 0 spiro atoms. The molecule has 0 radical (unpaired) electrons. The molecule has 0 unspecified atom stereocenters. The van der Waals surface area contributed by atoms with Crippen LogP contribution in [0.2, 0.25) is 0 Å². The number of hydrogen-bond donors (Lipinski definition) is 1. The number of likely N-dealkylation sites (N-methyl/N-ethyl adjacent to an activating group) is 1. The molecule has 128 valence electrons. The van der Waals surface area contributed by atoms with Gasteiger partial charge in [0.2, 0.25) is 15.9 Å². The van der Waals surface area contributed by atoms with E-state index in [4.69, 9.17) is 4.74 Å². The predicted molar refractivity (Wildman–Crippen MR) is 84.3 cm³/mol. The first-order chi connectivity index (χ1) is 10.8. The minimum absolute atomic E-state index is 0.0456. The molecule has 1 aromatic rings. The molecule has 1 N–H and O–H groups in total. The van der Waals surface area contributed by atoms with E-state index < -0.39 is 10.0 Å². The maximum Gasteiger partial charge on any atom is 0.316 e. The van der Waals surface area contributed by atoms with Crippen molar-refractivity contribution in [1.29, 1.82) is 0 Å². The molecule has 9 heteroatoms. The molecule has 1 heterocycles. The topological polar surface area (TPSA) is 101 Å². The molecule has 0 saturated heterocycles. The van der Waals surface area contributed by atoms with E-state index in [1.165, 1.54) is 7.05 Å². The Bertz CT molecular complexity index is 615. The monoisotopic (exact) mass is 342 g/mol. The Hall–Kier alpha value is -1.74. The fourth-order valence-electron chi connectivity index (χ4n) is 2.41. The summed E-state index contributed by atoms with van der Waals surface area (Å²) in [5, 5.41) is 2.87. The van der Waals surface area contributed by atoms with Crippen molar-refractivity contribution in [3.05, 3.63) is 18.5 Å². The second kappa shape index (κ2) is 7.69. The van der Waals surface area contributed by atoms with Crippen LogP contribution in [0.3, 0.4) is 0 Å². The lowest BCUT2D eigenvalue weighted by molar-refractivity contribution is -0.122. The summed E-state index contributed by atoms with van der Waals surface area (Å²) >= 11 is 0. The van der Waals surface area contributed by atoms with E-state index in [0.29, 0.717) is 6.01 Å². The molecule has 1 saturated carbocycles. The minimum atomic E-state index is -3.34. The van der Waals surface area contributed by atoms with Gasteiger partial charge in [-0.1, -0.05) is 0 Å². The Kier molecular flexibility index (Phi) is 5.89. The van der Waals surface area contributed by atoms with Crippen LogP contribution in [0.25, 0.3) is 0 Å². The second-order valence-electron chi connectivity index (χ2n) is 5.71. The highest BCUT2D eigenvalue weighted by Gasteiger charge is 2.25. The van der Waals surface area contributed by atoms with Gasteiger partial charge in [0, 0.05) is 25.5 Å². The molecular weight excluding hydrogens is 320 g/mol. The molecule has 1 fully saturated rings. The highest BCUT2D eigenvalue weighted by atomic mass is 32.2. The van der Waals surface area contributed by atoms with Gasteiger partial charge in [-0.05, 0) is 31.7 Å². The number of carbonyl (C=O) groups is 1. The summed E-state index contributed by atoms with van der Waals surface area (Å²) < 4.78 is 29.3. The van der Waals surface area contributed by atoms with Gasteiger partial charge in [0.25, 0.3) is 0 Å². The smallest absolute Gasteiger partial charge is 0.316 e. The number of nitrogens with one attached hydrogen (secondary N) is 1. The van der Waals surface area contributed by atoms with Crippen LogP contribution in [0, 0.1) is 0 Å². The van der Waals surface area contributed by atoms with Gasteiger partial charge in [0.05, 0.1) is 12.8 Å². The molecule has 0 atom stereocenters. The van der Waals surface area contributed by atoms with Crippen LogP contribution in [0.4, 0.5) is 0 Å². The molecule has 1 amide bonds. The van der Waals surface area contributed by atoms with E-state index in [0.717, 1.165) is 36.2 Å². The van der Waals surface area contributed by atoms with Crippen molar-refractivity contribution in [3.8, 4) is 6.01 Å². The van der Waals surface area contributed by atoms with Crippen molar-refractivity contribution in [2.45, 2.75) is 37.8 Å². The second-order valence-corrected chi connectivity index (χ2v) is 7.80. The van der Waals surface area contributed by atoms with E-state index in [2.05, 4.69) is 15.3 Å². The number of sulfonamides is 1.